The lowest BCUT2D eigenvalue weighted by atomic mass is 9.88. The number of aromatic hydroxyl groups is 1. The molecule has 3 aromatic rings. The van der Waals surface area contributed by atoms with Gasteiger partial charge in [0.05, 0.1) is 28.5 Å². The number of rotatable bonds is 15. The Morgan fingerprint density at radius 1 is 0.844 bits per heavy atom. The van der Waals surface area contributed by atoms with E-state index in [1.54, 1.807) is 25.3 Å². The number of carbonyl (C=O) groups is 7. The van der Waals surface area contributed by atoms with Gasteiger partial charge in [-0.15, -0.1) is 11.6 Å². The van der Waals surface area contributed by atoms with Crippen LogP contribution < -0.4 is 16.0 Å². The first-order valence-corrected chi connectivity index (χ1v) is 26.9. The third-order valence-electron chi connectivity index (χ3n) is 15.1. The average molecular weight is 1090 g/mol. The molecule has 2 bridgehead atoms. The van der Waals surface area contributed by atoms with Crippen molar-refractivity contribution in [3.8, 4) is 5.75 Å². The highest BCUT2D eigenvalue weighted by molar-refractivity contribution is 6.18. The second kappa shape index (κ2) is 26.3. The van der Waals surface area contributed by atoms with Gasteiger partial charge in [0.2, 0.25) is 35.4 Å². The van der Waals surface area contributed by atoms with Crippen molar-refractivity contribution in [2.45, 2.75) is 161 Å². The number of hydrogen-bond donors (Lipinski definition) is 5. The average Bonchev–Trinajstić information content (AvgIpc) is 3.77. The van der Waals surface area contributed by atoms with Crippen molar-refractivity contribution >= 4 is 69.4 Å². The standard InChI is InChI=1S/C56H79ClN8O12/c1-13-14-18-38-49(69)60-40(28-36-30-63(56(8,9)48(68)29-57)41-19-16-15-17-37(36)41)53(73)61(10)43(22-31(2)3)50(70)59-39(26-35-20-21-46(66)42(27-35)65(75)76)47(67)25-33(6)52(72)62(11)45-24-34(7)55(77-12)64(54(45)74)44(23-32(4)5)51(71)58-38/h13-17,19-21,27,30-34,38-40,43-45,48,55,66,68H,18,22-26,28-29H2,1-12H3,(H,58,71)(H,59,70)(H,60,69)/b14-13+/t33-,34?,38+,39+,40+,43+,44+,45+,48-,55-/m1/s1. The van der Waals surface area contributed by atoms with E-state index in [2.05, 4.69) is 16.0 Å². The molecule has 3 heterocycles. The van der Waals surface area contributed by atoms with Crippen molar-refractivity contribution in [1.82, 2.24) is 35.2 Å². The van der Waals surface area contributed by atoms with E-state index in [9.17, 15) is 44.3 Å². The number of nitrogens with zero attached hydrogens (tertiary/aromatic N) is 5. The van der Waals surface area contributed by atoms with Gasteiger partial charge in [-0.1, -0.05) is 78.0 Å². The van der Waals surface area contributed by atoms with Gasteiger partial charge in [0, 0.05) is 69.0 Å². The molecule has 2 saturated heterocycles. The fraction of sp³-hybridized carbons (Fsp3) is 0.589. The Hall–Kier alpha value is -6.38. The summed E-state index contributed by atoms with van der Waals surface area (Å²) in [5.41, 5.74) is -0.104. The van der Waals surface area contributed by atoms with Crippen molar-refractivity contribution < 1.29 is 53.4 Å². The van der Waals surface area contributed by atoms with E-state index in [0.717, 1.165) is 12.1 Å². The number of aliphatic hydroxyl groups is 1. The number of nitrogens with one attached hydrogen (secondary N) is 3. The Morgan fingerprint density at radius 2 is 1.45 bits per heavy atom. The fourth-order valence-electron chi connectivity index (χ4n) is 10.5. The fourth-order valence-corrected chi connectivity index (χ4v) is 10.9. The van der Waals surface area contributed by atoms with Crippen LogP contribution in [0.2, 0.25) is 0 Å². The Balaban J connectivity index is 1.74. The van der Waals surface area contributed by atoms with Gasteiger partial charge in [0.15, 0.2) is 11.5 Å². The molecule has 0 spiro atoms. The Kier molecular flexibility index (Phi) is 21.0. The first kappa shape index (κ1) is 61.5. The predicted octanol–water partition coefficient (Wildman–Crippen LogP) is 5.36. The minimum Gasteiger partial charge on any atom is -0.502 e. The van der Waals surface area contributed by atoms with E-state index in [0.29, 0.717) is 16.5 Å². The van der Waals surface area contributed by atoms with Crippen molar-refractivity contribution in [3.05, 3.63) is 82.1 Å². The highest BCUT2D eigenvalue weighted by Gasteiger charge is 2.49. The summed E-state index contributed by atoms with van der Waals surface area (Å²) in [5.74, 6) is -7.31. The first-order chi connectivity index (χ1) is 36.2. The summed E-state index contributed by atoms with van der Waals surface area (Å²) in [5, 5.41) is 42.7. The number of ether oxygens (including phenoxy) is 1. The number of benzene rings is 2. The number of alkyl halides is 1. The number of aromatic nitrogens is 1. The Morgan fingerprint density at radius 3 is 2.06 bits per heavy atom. The van der Waals surface area contributed by atoms with E-state index in [1.807, 2.05) is 77.3 Å². The van der Waals surface area contributed by atoms with Gasteiger partial charge in [-0.05, 0) is 88.0 Å². The molecule has 20 nitrogen and oxygen atoms in total. The van der Waals surface area contributed by atoms with Gasteiger partial charge in [-0.2, -0.15) is 0 Å². The highest BCUT2D eigenvalue weighted by atomic mass is 35.5. The van der Waals surface area contributed by atoms with Crippen LogP contribution in [0.3, 0.4) is 0 Å². The number of phenolic OH excluding ortho intramolecular Hbond substituents is 1. The van der Waals surface area contributed by atoms with Crippen LogP contribution in [0, 0.1) is 33.8 Å². The smallest absolute Gasteiger partial charge is 0.310 e. The Labute approximate surface area is 456 Å². The number of halogens is 1. The maximum Gasteiger partial charge on any atom is 0.310 e. The zero-order valence-electron chi connectivity index (χ0n) is 46.4. The SMILES string of the molecule is C/C=C/C[C@@H]1NC(=O)[C@H](CC(C)C)N2C(=O)[C@H](CC(C)[C@H]2OC)N(C)C(=O)[C@H](C)CC(=O)[C@H](Cc2ccc(O)c([N+](=O)[O-])c2)NC(=O)[C@H](CC(C)C)N(C)C(=O)[C@H](Cc2cn(C(C)(C)[C@H](O)CCl)c3ccccc23)NC1=O. The quantitative estimate of drug-likeness (QED) is 0.0558. The highest BCUT2D eigenvalue weighted by Crippen LogP contribution is 2.34. The van der Waals surface area contributed by atoms with E-state index >= 15 is 9.59 Å². The molecule has 0 aliphatic carbocycles. The number of hydrogen-bond acceptors (Lipinski definition) is 12. The molecule has 5 N–H and O–H groups in total. The summed E-state index contributed by atoms with van der Waals surface area (Å²) in [6.45, 7) is 16.2. The number of aliphatic hydroxyl groups excluding tert-OH is 1. The third-order valence-corrected chi connectivity index (χ3v) is 15.4. The molecule has 1 aromatic heterocycles. The van der Waals surface area contributed by atoms with Gasteiger partial charge < -0.3 is 50.2 Å². The molecule has 6 amide bonds. The molecule has 0 radical (unpaired) electrons. The number of ketones is 1. The number of fused-ring (bicyclic) bond motifs is 3. The van der Waals surface area contributed by atoms with E-state index in [1.165, 1.54) is 48.9 Å². The number of Topliss-reactive ketones (excluding diaryl/α,β-unsaturated/α-hetero) is 1. The number of amides is 6. The minimum absolute atomic E-state index is 0.0309. The summed E-state index contributed by atoms with van der Waals surface area (Å²) < 4.78 is 7.80. The summed E-state index contributed by atoms with van der Waals surface area (Å²) in [6, 6.07) is 3.17. The predicted molar refractivity (Wildman–Crippen MR) is 291 cm³/mol. The third kappa shape index (κ3) is 14.2. The second-order valence-corrected chi connectivity index (χ2v) is 22.5. The van der Waals surface area contributed by atoms with Crippen LogP contribution in [0.1, 0.15) is 106 Å². The van der Waals surface area contributed by atoms with Crippen LogP contribution in [0.5, 0.6) is 5.75 Å². The molecule has 2 aromatic carbocycles. The zero-order valence-corrected chi connectivity index (χ0v) is 47.2. The van der Waals surface area contributed by atoms with E-state index in [-0.39, 0.29) is 61.8 Å². The van der Waals surface area contributed by atoms with E-state index in [4.69, 9.17) is 16.3 Å². The van der Waals surface area contributed by atoms with Gasteiger partial charge in [0.1, 0.15) is 36.4 Å². The number of piperidine rings is 1. The van der Waals surface area contributed by atoms with Crippen molar-refractivity contribution in [2.75, 3.05) is 27.1 Å². The summed E-state index contributed by atoms with van der Waals surface area (Å²) >= 11 is 6.20. The van der Waals surface area contributed by atoms with Gasteiger partial charge >= 0.3 is 5.69 Å². The molecule has 2 aliphatic rings. The van der Waals surface area contributed by atoms with Crippen LogP contribution in [-0.2, 0) is 56.7 Å². The molecular formula is C56H79ClN8O12. The van der Waals surface area contributed by atoms with Gasteiger partial charge in [0.25, 0.3) is 0 Å². The summed E-state index contributed by atoms with van der Waals surface area (Å²) in [4.78, 5) is 119. The number of likely N-dealkylation sites (N-methyl/N-ethyl adjacent to an activating group) is 2. The summed E-state index contributed by atoms with van der Waals surface area (Å²) in [7, 11) is 4.29. The summed E-state index contributed by atoms with van der Waals surface area (Å²) in [6.07, 6.45) is 2.64. The number of methoxy groups -OCH3 is 1. The maximum absolute atomic E-state index is 15.4. The monoisotopic (exact) mass is 1090 g/mol. The van der Waals surface area contributed by atoms with Crippen LogP contribution in [0.25, 0.3) is 10.9 Å². The molecule has 5 rings (SSSR count). The second-order valence-electron chi connectivity index (χ2n) is 22.2. The van der Waals surface area contributed by atoms with Crippen LogP contribution in [0.15, 0.2) is 60.8 Å². The largest absolute Gasteiger partial charge is 0.502 e. The molecule has 1 unspecified atom stereocenters. The van der Waals surface area contributed by atoms with Crippen molar-refractivity contribution in [2.24, 2.45) is 23.7 Å². The van der Waals surface area contributed by atoms with Crippen LogP contribution in [-0.4, -0.2) is 151 Å². The number of nitro benzene ring substituents is 1. The molecule has 10 atom stereocenters. The van der Waals surface area contributed by atoms with Crippen LogP contribution >= 0.6 is 11.6 Å². The topological polar surface area (TPSA) is 263 Å². The normalized spacial score (nSPS) is 25.6. The number of allylic oxidation sites excluding steroid dienone is 1. The first-order valence-electron chi connectivity index (χ1n) is 26.4. The minimum atomic E-state index is -1.43. The number of para-hydroxylation sites is 1. The molecule has 2 fully saturated rings. The number of carbonyl (C=O) groups excluding carboxylic acids is 7. The molecule has 77 heavy (non-hydrogen) atoms. The Bertz CT molecular complexity index is 2690. The maximum atomic E-state index is 15.4. The van der Waals surface area contributed by atoms with Crippen molar-refractivity contribution in [3.63, 3.8) is 0 Å². The molecule has 2 aliphatic heterocycles. The lowest BCUT2D eigenvalue weighted by Gasteiger charge is -2.48. The molecule has 0 saturated carbocycles. The molecule has 21 heteroatoms. The van der Waals surface area contributed by atoms with E-state index < -0.39 is 130 Å². The van der Waals surface area contributed by atoms with Crippen LogP contribution in [0.4, 0.5) is 5.69 Å². The lowest BCUT2D eigenvalue weighted by molar-refractivity contribution is -0.385. The van der Waals surface area contributed by atoms with Gasteiger partial charge in [-0.25, -0.2) is 0 Å². The van der Waals surface area contributed by atoms with Gasteiger partial charge in [-0.3, -0.25) is 43.7 Å². The number of nitro groups is 1. The zero-order chi connectivity index (χ0) is 57.4. The molecule has 422 valence electrons. The van der Waals surface area contributed by atoms with Crippen molar-refractivity contribution in [1.29, 1.82) is 0 Å². The number of phenols is 1. The molecular weight excluding hydrogens is 1010 g/mol. The lowest BCUT2D eigenvalue weighted by Crippen LogP contribution is -2.66.